The summed E-state index contributed by atoms with van der Waals surface area (Å²) in [6, 6.07) is 5.14. The van der Waals surface area contributed by atoms with Crippen LogP contribution in [0.15, 0.2) is 42.6 Å². The number of pyridine rings is 1. The summed E-state index contributed by atoms with van der Waals surface area (Å²) >= 11 is 0. The molecule has 4 aromatic rings. The summed E-state index contributed by atoms with van der Waals surface area (Å²) in [5.74, 6) is -1.23. The van der Waals surface area contributed by atoms with Crippen LogP contribution in [0.3, 0.4) is 0 Å². The molecule has 3 aliphatic heterocycles. The lowest BCUT2D eigenvalue weighted by Crippen LogP contribution is -2.47. The summed E-state index contributed by atoms with van der Waals surface area (Å²) in [5, 5.41) is 11.2. The Labute approximate surface area is 256 Å². The van der Waals surface area contributed by atoms with Crippen molar-refractivity contribution in [1.82, 2.24) is 19.9 Å². The number of terminal acetylenes is 1. The van der Waals surface area contributed by atoms with Crippen LogP contribution < -0.4 is 9.64 Å². The van der Waals surface area contributed by atoms with Crippen molar-refractivity contribution in [2.75, 3.05) is 37.7 Å². The number of hydrogen-bond acceptors (Lipinski definition) is 7. The first-order valence-corrected chi connectivity index (χ1v) is 15.0. The van der Waals surface area contributed by atoms with Gasteiger partial charge < -0.3 is 14.7 Å². The number of fused-ring (bicyclic) bond motifs is 5. The molecule has 5 heterocycles. The molecule has 4 fully saturated rings. The van der Waals surface area contributed by atoms with Gasteiger partial charge in [-0.05, 0) is 54.7 Å². The molecule has 1 aliphatic carbocycles. The second kappa shape index (κ2) is 9.78. The Bertz CT molecular complexity index is 1980. The monoisotopic (exact) mass is 615 g/mol. The molecular weight excluding hydrogens is 586 g/mol. The molecule has 0 unspecified atom stereocenters. The molecule has 0 spiro atoms. The van der Waals surface area contributed by atoms with Gasteiger partial charge in [-0.3, -0.25) is 9.88 Å². The number of halogens is 4. The Hall–Kier alpha value is -4.43. The first kappa shape index (κ1) is 28.1. The molecule has 0 radical (unpaired) electrons. The minimum absolute atomic E-state index is 0.0636. The predicted molar refractivity (Wildman–Crippen MR) is 161 cm³/mol. The van der Waals surface area contributed by atoms with Crippen LogP contribution >= 0.6 is 0 Å². The molecule has 1 N–H and O–H groups in total. The normalized spacial score (nSPS) is 25.4. The van der Waals surface area contributed by atoms with Gasteiger partial charge >= 0.3 is 6.01 Å². The summed E-state index contributed by atoms with van der Waals surface area (Å²) in [6.45, 7) is 5.92. The zero-order valence-electron chi connectivity index (χ0n) is 24.3. The standard InChI is InChI=1S/C34H29F4N5O2/c1-3-22-26(35)6-5-19-9-21(44)11-23(27(19)22)29-28(36)30-24(13-39-29)31(42-8-4-7-34(37,38)16-42)41-32(40-30)45-17-33-12-18(2)14-43(33)15-20-10-25(20)33/h1,5-6,9,11,13,20,25,44H,2,4,7-8,10,12,14-17H2/t20-,25-,33-/m1/s1. The Balaban J connectivity index is 1.28. The van der Waals surface area contributed by atoms with Crippen molar-refractivity contribution in [3.8, 4) is 35.4 Å². The number of alkyl halides is 2. The van der Waals surface area contributed by atoms with Gasteiger partial charge in [0.25, 0.3) is 5.92 Å². The third-order valence-electron chi connectivity index (χ3n) is 9.91. The highest BCUT2D eigenvalue weighted by molar-refractivity contribution is 6.03. The number of benzene rings is 2. The summed E-state index contributed by atoms with van der Waals surface area (Å²) < 4.78 is 66.9. The molecule has 3 saturated heterocycles. The van der Waals surface area contributed by atoms with E-state index in [4.69, 9.17) is 11.2 Å². The van der Waals surface area contributed by atoms with Crippen molar-refractivity contribution in [1.29, 1.82) is 0 Å². The topological polar surface area (TPSA) is 74.6 Å². The Morgan fingerprint density at radius 3 is 2.84 bits per heavy atom. The number of phenols is 1. The van der Waals surface area contributed by atoms with Crippen LogP contribution in [0.25, 0.3) is 32.9 Å². The highest BCUT2D eigenvalue weighted by Crippen LogP contribution is 2.60. The number of aromatic nitrogens is 3. The van der Waals surface area contributed by atoms with Crippen LogP contribution in [0.2, 0.25) is 0 Å². The smallest absolute Gasteiger partial charge is 0.319 e. The zero-order valence-corrected chi connectivity index (χ0v) is 24.3. The van der Waals surface area contributed by atoms with E-state index in [-0.39, 0.29) is 82.2 Å². The lowest BCUT2D eigenvalue weighted by Gasteiger charge is -2.35. The third kappa shape index (κ3) is 4.41. The number of hydrogen-bond donors (Lipinski definition) is 1. The van der Waals surface area contributed by atoms with Crippen molar-refractivity contribution >= 4 is 27.5 Å². The quantitative estimate of drug-likeness (QED) is 0.166. The molecule has 11 heteroatoms. The largest absolute Gasteiger partial charge is 0.508 e. The summed E-state index contributed by atoms with van der Waals surface area (Å²) in [4.78, 5) is 17.2. The first-order valence-electron chi connectivity index (χ1n) is 15.0. The van der Waals surface area contributed by atoms with Gasteiger partial charge in [0.2, 0.25) is 0 Å². The average Bonchev–Trinajstić information content (AvgIpc) is 3.61. The van der Waals surface area contributed by atoms with E-state index in [2.05, 4.69) is 32.4 Å². The summed E-state index contributed by atoms with van der Waals surface area (Å²) in [7, 11) is 0. The van der Waals surface area contributed by atoms with Crippen molar-refractivity contribution in [2.45, 2.75) is 37.1 Å². The van der Waals surface area contributed by atoms with Crippen LogP contribution in [-0.4, -0.2) is 69.2 Å². The van der Waals surface area contributed by atoms with Crippen LogP contribution in [0.1, 0.15) is 31.2 Å². The van der Waals surface area contributed by atoms with E-state index in [1.165, 1.54) is 35.4 Å². The van der Waals surface area contributed by atoms with Crippen LogP contribution in [0, 0.1) is 35.8 Å². The number of aromatic hydroxyl groups is 1. The van der Waals surface area contributed by atoms with Gasteiger partial charge in [0, 0.05) is 43.2 Å². The molecule has 230 valence electrons. The SMILES string of the molecule is C#Cc1c(F)ccc2cc(O)cc(-c3ncc4c(N5CCCC(F)(F)C5)nc(OC[C@@]56CC(=C)CN5C[C@H]5C[C@H]56)nc4c3F)c12. The minimum atomic E-state index is -2.95. The van der Waals surface area contributed by atoms with E-state index in [9.17, 15) is 18.3 Å². The van der Waals surface area contributed by atoms with Gasteiger partial charge in [-0.1, -0.05) is 24.1 Å². The summed E-state index contributed by atoms with van der Waals surface area (Å²) in [5.41, 5.74) is 0.416. The second-order valence-electron chi connectivity index (χ2n) is 12.9. The molecular formula is C34H29F4N5O2. The van der Waals surface area contributed by atoms with Crippen LogP contribution in [0.4, 0.5) is 23.4 Å². The van der Waals surface area contributed by atoms with E-state index in [0.29, 0.717) is 17.2 Å². The number of piperidine rings is 2. The Kier molecular flexibility index (Phi) is 6.10. The number of nitrogens with zero attached hydrogens (tertiary/aromatic N) is 5. The molecule has 7 nitrogen and oxygen atoms in total. The lowest BCUT2D eigenvalue weighted by molar-refractivity contribution is -0.0118. The van der Waals surface area contributed by atoms with Crippen LogP contribution in [-0.2, 0) is 0 Å². The number of phenolic OH excluding ortho intramolecular Hbond substituents is 1. The number of rotatable bonds is 5. The predicted octanol–water partition coefficient (Wildman–Crippen LogP) is 6.07. The molecule has 8 rings (SSSR count). The molecule has 2 aromatic heterocycles. The fraction of sp³-hybridized carbons (Fsp3) is 0.382. The van der Waals surface area contributed by atoms with Gasteiger partial charge in [-0.25, -0.2) is 17.6 Å². The Morgan fingerprint density at radius 2 is 2.04 bits per heavy atom. The molecule has 45 heavy (non-hydrogen) atoms. The van der Waals surface area contributed by atoms with E-state index >= 15 is 4.39 Å². The van der Waals surface area contributed by atoms with Gasteiger partial charge in [0.05, 0.1) is 23.0 Å². The van der Waals surface area contributed by atoms with Gasteiger partial charge in [-0.2, -0.15) is 9.97 Å². The van der Waals surface area contributed by atoms with E-state index in [1.807, 2.05) is 0 Å². The van der Waals surface area contributed by atoms with Crippen molar-refractivity contribution in [3.63, 3.8) is 0 Å². The highest BCUT2D eigenvalue weighted by atomic mass is 19.3. The van der Waals surface area contributed by atoms with Crippen molar-refractivity contribution in [3.05, 3.63) is 59.8 Å². The van der Waals surface area contributed by atoms with E-state index < -0.39 is 24.1 Å². The van der Waals surface area contributed by atoms with Crippen molar-refractivity contribution < 1.29 is 27.4 Å². The van der Waals surface area contributed by atoms with E-state index in [1.54, 1.807) is 0 Å². The Morgan fingerprint density at radius 1 is 1.20 bits per heavy atom. The number of anilines is 1. The van der Waals surface area contributed by atoms with Gasteiger partial charge in [0.1, 0.15) is 35.2 Å². The molecule has 2 aromatic carbocycles. The van der Waals surface area contributed by atoms with Gasteiger partial charge in [0.15, 0.2) is 5.82 Å². The number of ether oxygens (including phenoxy) is 1. The van der Waals surface area contributed by atoms with Crippen molar-refractivity contribution in [2.24, 2.45) is 11.8 Å². The fourth-order valence-corrected chi connectivity index (χ4v) is 7.88. The first-order chi connectivity index (χ1) is 21.6. The molecule has 4 aliphatic rings. The maximum absolute atomic E-state index is 16.7. The second-order valence-corrected chi connectivity index (χ2v) is 12.9. The molecule has 0 bridgehead atoms. The molecule has 1 saturated carbocycles. The maximum Gasteiger partial charge on any atom is 0.319 e. The lowest BCUT2D eigenvalue weighted by atomic mass is 9.91. The summed E-state index contributed by atoms with van der Waals surface area (Å²) in [6.07, 6.45) is 8.82. The average molecular weight is 616 g/mol. The highest BCUT2D eigenvalue weighted by Gasteiger charge is 2.64. The van der Waals surface area contributed by atoms with E-state index in [0.717, 1.165) is 31.5 Å². The molecule has 0 amide bonds. The zero-order chi connectivity index (χ0) is 31.2. The third-order valence-corrected chi connectivity index (χ3v) is 9.91. The maximum atomic E-state index is 16.7. The molecule has 3 atom stereocenters. The van der Waals surface area contributed by atoms with Gasteiger partial charge in [-0.15, -0.1) is 6.42 Å². The fourth-order valence-electron chi connectivity index (χ4n) is 7.88. The van der Waals surface area contributed by atoms with Crippen LogP contribution in [0.5, 0.6) is 11.8 Å². The minimum Gasteiger partial charge on any atom is -0.508 e.